The Balaban J connectivity index is 2.04. The number of likely N-dealkylation sites (tertiary alicyclic amines) is 1. The molecule has 3 heterocycles. The summed E-state index contributed by atoms with van der Waals surface area (Å²) < 4.78 is 1.56. The number of fused-ring (bicyclic) bond motifs is 1. The molecule has 0 unspecified atom stereocenters. The van der Waals surface area contributed by atoms with Crippen molar-refractivity contribution in [3.8, 4) is 0 Å². The van der Waals surface area contributed by atoms with Crippen LogP contribution in [-0.2, 0) is 0 Å². The van der Waals surface area contributed by atoms with Crippen LogP contribution < -0.4 is 5.56 Å². The number of aryl methyl sites for hydroxylation is 2. The fourth-order valence-electron chi connectivity index (χ4n) is 2.77. The second kappa shape index (κ2) is 5.60. The molecular weight excluding hydrogens is 286 g/mol. The van der Waals surface area contributed by atoms with Crippen LogP contribution in [0.4, 0.5) is 0 Å². The van der Waals surface area contributed by atoms with E-state index in [1.165, 1.54) is 17.5 Å². The molecule has 0 atom stereocenters. The van der Waals surface area contributed by atoms with Crippen LogP contribution in [0.3, 0.4) is 0 Å². The highest BCUT2D eigenvalue weighted by Gasteiger charge is 2.22. The van der Waals surface area contributed by atoms with Gasteiger partial charge < -0.3 is 4.90 Å². The van der Waals surface area contributed by atoms with Gasteiger partial charge in [0.1, 0.15) is 5.56 Å². The number of thiazole rings is 1. The lowest BCUT2D eigenvalue weighted by Gasteiger charge is -2.19. The third-order valence-corrected chi connectivity index (χ3v) is 5.21. The molecule has 1 fully saturated rings. The van der Waals surface area contributed by atoms with E-state index in [1.54, 1.807) is 9.30 Å². The summed E-state index contributed by atoms with van der Waals surface area (Å²) in [5.41, 5.74) is 0.824. The average molecular weight is 305 g/mol. The Kier molecular flexibility index (Phi) is 3.80. The van der Waals surface area contributed by atoms with Gasteiger partial charge in [-0.15, -0.1) is 11.3 Å². The quantitative estimate of drug-likeness (QED) is 0.813. The number of carbonyl (C=O) groups excluding carboxylic acids is 1. The van der Waals surface area contributed by atoms with E-state index in [4.69, 9.17) is 0 Å². The first kappa shape index (κ1) is 14.3. The first-order chi connectivity index (χ1) is 10.1. The Bertz CT molecular complexity index is 739. The maximum atomic E-state index is 12.6. The lowest BCUT2D eigenvalue weighted by Crippen LogP contribution is -2.36. The largest absolute Gasteiger partial charge is 0.338 e. The highest BCUT2D eigenvalue weighted by Crippen LogP contribution is 2.19. The predicted molar refractivity (Wildman–Crippen MR) is 83.2 cm³/mol. The van der Waals surface area contributed by atoms with Crippen LogP contribution >= 0.6 is 11.3 Å². The molecule has 1 amide bonds. The lowest BCUT2D eigenvalue weighted by atomic mass is 10.2. The number of carbonyl (C=O) groups is 1. The number of nitrogens with zero attached hydrogens (tertiary/aromatic N) is 3. The molecule has 6 heteroatoms. The summed E-state index contributed by atoms with van der Waals surface area (Å²) >= 11 is 1.48. The van der Waals surface area contributed by atoms with Crippen molar-refractivity contribution in [1.82, 2.24) is 14.3 Å². The molecule has 112 valence electrons. The molecule has 0 aliphatic carbocycles. The summed E-state index contributed by atoms with van der Waals surface area (Å²) in [5, 5.41) is 0. The Labute approximate surface area is 127 Å². The van der Waals surface area contributed by atoms with E-state index in [-0.39, 0.29) is 17.0 Å². The smallest absolute Gasteiger partial charge is 0.271 e. The van der Waals surface area contributed by atoms with E-state index in [1.807, 2.05) is 13.8 Å². The molecule has 0 saturated carbocycles. The van der Waals surface area contributed by atoms with Gasteiger partial charge in [-0.1, -0.05) is 12.8 Å². The molecule has 5 nitrogen and oxygen atoms in total. The molecule has 0 aromatic carbocycles. The van der Waals surface area contributed by atoms with Gasteiger partial charge in [0.15, 0.2) is 4.96 Å². The summed E-state index contributed by atoms with van der Waals surface area (Å²) in [6, 6.07) is 0. The first-order valence-corrected chi connectivity index (χ1v) is 8.18. The van der Waals surface area contributed by atoms with Crippen molar-refractivity contribution in [2.75, 3.05) is 13.1 Å². The van der Waals surface area contributed by atoms with Gasteiger partial charge in [0.2, 0.25) is 0 Å². The lowest BCUT2D eigenvalue weighted by molar-refractivity contribution is 0.0759. The molecule has 21 heavy (non-hydrogen) atoms. The van der Waals surface area contributed by atoms with Crippen LogP contribution in [0, 0.1) is 13.8 Å². The molecule has 0 N–H and O–H groups in total. The van der Waals surface area contributed by atoms with E-state index in [2.05, 4.69) is 4.98 Å². The number of amides is 1. The number of hydrogen-bond donors (Lipinski definition) is 0. The number of rotatable bonds is 1. The van der Waals surface area contributed by atoms with Gasteiger partial charge in [0, 0.05) is 29.9 Å². The second-order valence-corrected chi connectivity index (χ2v) is 6.73. The third-order valence-electron chi connectivity index (χ3n) is 4.14. The van der Waals surface area contributed by atoms with Gasteiger partial charge in [-0.2, -0.15) is 0 Å². The van der Waals surface area contributed by atoms with E-state index in [9.17, 15) is 9.59 Å². The van der Waals surface area contributed by atoms with Gasteiger partial charge in [-0.25, -0.2) is 4.98 Å². The maximum Gasteiger partial charge on any atom is 0.271 e. The van der Waals surface area contributed by atoms with Crippen molar-refractivity contribution in [2.45, 2.75) is 39.5 Å². The van der Waals surface area contributed by atoms with Crippen LogP contribution in [0.15, 0.2) is 11.0 Å². The van der Waals surface area contributed by atoms with Gasteiger partial charge in [-0.05, 0) is 26.7 Å². The van der Waals surface area contributed by atoms with Crippen molar-refractivity contribution in [3.63, 3.8) is 0 Å². The Morgan fingerprint density at radius 3 is 2.52 bits per heavy atom. The van der Waals surface area contributed by atoms with Crippen molar-refractivity contribution < 1.29 is 4.79 Å². The summed E-state index contributed by atoms with van der Waals surface area (Å²) in [6.07, 6.45) is 5.78. The Morgan fingerprint density at radius 2 is 1.86 bits per heavy atom. The summed E-state index contributed by atoms with van der Waals surface area (Å²) in [4.78, 5) is 33.0. The van der Waals surface area contributed by atoms with Crippen LogP contribution in [0.1, 0.15) is 46.6 Å². The molecule has 1 aliphatic rings. The first-order valence-electron chi connectivity index (χ1n) is 7.36. The Morgan fingerprint density at radius 1 is 1.19 bits per heavy atom. The summed E-state index contributed by atoms with van der Waals surface area (Å²) in [6.45, 7) is 5.33. The number of aromatic nitrogens is 2. The minimum atomic E-state index is -0.240. The molecule has 0 radical (unpaired) electrons. The van der Waals surface area contributed by atoms with Crippen molar-refractivity contribution in [3.05, 3.63) is 32.7 Å². The maximum absolute atomic E-state index is 12.6. The molecule has 2 aromatic rings. The zero-order chi connectivity index (χ0) is 15.0. The van der Waals surface area contributed by atoms with Gasteiger partial charge in [-0.3, -0.25) is 14.0 Å². The minimum absolute atomic E-state index is 0.174. The number of hydrogen-bond acceptors (Lipinski definition) is 4. The van der Waals surface area contributed by atoms with E-state index in [0.29, 0.717) is 4.96 Å². The fourth-order valence-corrected chi connectivity index (χ4v) is 3.70. The van der Waals surface area contributed by atoms with E-state index in [0.717, 1.165) is 49.3 Å². The highest BCUT2D eigenvalue weighted by molar-refractivity contribution is 7.17. The van der Waals surface area contributed by atoms with E-state index >= 15 is 0 Å². The minimum Gasteiger partial charge on any atom is -0.338 e. The highest BCUT2D eigenvalue weighted by atomic mass is 32.1. The predicted octanol–water partition coefficient (Wildman–Crippen LogP) is 2.39. The third kappa shape index (κ3) is 2.48. The molecule has 0 spiro atoms. The molecule has 1 aliphatic heterocycles. The van der Waals surface area contributed by atoms with Crippen LogP contribution in [0.2, 0.25) is 0 Å². The fraction of sp³-hybridized carbons (Fsp3) is 0.533. The van der Waals surface area contributed by atoms with Crippen molar-refractivity contribution in [2.24, 2.45) is 0 Å². The Hall–Kier alpha value is -1.69. The SMILES string of the molecule is Cc1sc2ncc(C(=O)N3CCCCCC3)c(=O)n2c1C. The van der Waals surface area contributed by atoms with Crippen molar-refractivity contribution in [1.29, 1.82) is 0 Å². The van der Waals surface area contributed by atoms with Crippen LogP contribution in [0.5, 0.6) is 0 Å². The van der Waals surface area contributed by atoms with E-state index < -0.39 is 0 Å². The molecular formula is C15H19N3O2S. The topological polar surface area (TPSA) is 54.7 Å². The van der Waals surface area contributed by atoms with Gasteiger partial charge in [0.05, 0.1) is 0 Å². The molecule has 0 bridgehead atoms. The second-order valence-electron chi connectivity index (χ2n) is 5.55. The monoisotopic (exact) mass is 305 g/mol. The van der Waals surface area contributed by atoms with Crippen molar-refractivity contribution >= 4 is 22.2 Å². The molecule has 1 saturated heterocycles. The standard InChI is InChI=1S/C15H19N3O2S/c1-10-11(2)21-15-16-9-12(14(20)18(10)15)13(19)17-7-5-3-4-6-8-17/h9H,3-8H2,1-2H3. The van der Waals surface area contributed by atoms with Crippen LogP contribution in [-0.4, -0.2) is 33.3 Å². The average Bonchev–Trinajstić information content (AvgIpc) is 2.68. The van der Waals surface area contributed by atoms with Gasteiger partial charge >= 0.3 is 0 Å². The zero-order valence-electron chi connectivity index (χ0n) is 12.4. The summed E-state index contributed by atoms with van der Waals surface area (Å²) in [5.74, 6) is -0.174. The van der Waals surface area contributed by atoms with Gasteiger partial charge in [0.25, 0.3) is 11.5 Å². The van der Waals surface area contributed by atoms with Crippen LogP contribution in [0.25, 0.3) is 4.96 Å². The normalized spacial score (nSPS) is 16.2. The molecule has 2 aromatic heterocycles. The summed E-state index contributed by atoms with van der Waals surface area (Å²) in [7, 11) is 0. The molecule has 3 rings (SSSR count). The zero-order valence-corrected chi connectivity index (χ0v) is 13.2.